The van der Waals surface area contributed by atoms with Crippen molar-refractivity contribution in [3.8, 4) is 5.75 Å². The molecule has 2 saturated heterocycles. The van der Waals surface area contributed by atoms with Gasteiger partial charge in [-0.3, -0.25) is 4.90 Å². The van der Waals surface area contributed by atoms with Gasteiger partial charge in [-0.2, -0.15) is 17.0 Å². The summed E-state index contributed by atoms with van der Waals surface area (Å²) >= 11 is 0. The van der Waals surface area contributed by atoms with Gasteiger partial charge in [-0.05, 0) is 74.1 Å². The van der Waals surface area contributed by atoms with Gasteiger partial charge in [-0.25, -0.2) is 13.1 Å². The summed E-state index contributed by atoms with van der Waals surface area (Å²) in [7, 11) is -5.47. The van der Waals surface area contributed by atoms with Crippen molar-refractivity contribution in [1.82, 2.24) is 18.2 Å². The number of fused-ring (bicyclic) bond motifs is 4. The minimum absolute atomic E-state index is 0.00789. The first kappa shape index (κ1) is 34.6. The SMILES string of the molecule is CCCCCCN(CCCCCC)S(=O)(=O)NCCCS(=O)(=O)N1CCC[C@H]2CN3CCc4cc(OC)ccc4[C@@H]3C[C@H]21. The van der Waals surface area contributed by atoms with Gasteiger partial charge in [0.05, 0.1) is 12.9 Å². The largest absolute Gasteiger partial charge is 0.497 e. The predicted octanol–water partition coefficient (Wildman–Crippen LogP) is 5.10. The minimum Gasteiger partial charge on any atom is -0.497 e. The van der Waals surface area contributed by atoms with Gasteiger partial charge in [0.15, 0.2) is 0 Å². The molecule has 0 spiro atoms. The molecule has 1 aromatic rings. The maximum Gasteiger partial charge on any atom is 0.279 e. The zero-order valence-corrected chi connectivity index (χ0v) is 28.4. The zero-order chi connectivity index (χ0) is 30.9. The Morgan fingerprint density at radius 2 is 1.67 bits per heavy atom. The number of benzene rings is 1. The van der Waals surface area contributed by atoms with Gasteiger partial charge in [0.25, 0.3) is 10.2 Å². The third-order valence-corrected chi connectivity index (χ3v) is 13.3. The van der Waals surface area contributed by atoms with Gasteiger partial charge in [-0.15, -0.1) is 0 Å². The number of nitrogens with one attached hydrogen (secondary N) is 1. The predicted molar refractivity (Wildman–Crippen MR) is 174 cm³/mol. The summed E-state index contributed by atoms with van der Waals surface area (Å²) in [5.74, 6) is 1.18. The molecule has 0 aromatic heterocycles. The Bertz CT molecular complexity index is 1210. The number of hydrogen-bond acceptors (Lipinski definition) is 6. The van der Waals surface area contributed by atoms with Crippen molar-refractivity contribution in [3.05, 3.63) is 29.3 Å². The molecule has 11 heteroatoms. The number of sulfonamides is 1. The summed E-state index contributed by atoms with van der Waals surface area (Å²) in [5.41, 5.74) is 2.61. The van der Waals surface area contributed by atoms with Crippen molar-refractivity contribution >= 4 is 20.2 Å². The fraction of sp³-hybridized carbons (Fsp3) is 0.812. The molecule has 0 saturated carbocycles. The van der Waals surface area contributed by atoms with Crippen molar-refractivity contribution in [2.75, 3.05) is 52.1 Å². The molecule has 43 heavy (non-hydrogen) atoms. The van der Waals surface area contributed by atoms with Crippen LogP contribution in [0.4, 0.5) is 0 Å². The molecule has 1 N–H and O–H groups in total. The lowest BCUT2D eigenvalue weighted by atomic mass is 9.77. The number of hydrogen-bond donors (Lipinski definition) is 1. The normalized spacial score (nSPS) is 23.1. The monoisotopic (exact) mass is 640 g/mol. The van der Waals surface area contributed by atoms with E-state index >= 15 is 0 Å². The highest BCUT2D eigenvalue weighted by molar-refractivity contribution is 7.89. The van der Waals surface area contributed by atoms with E-state index in [2.05, 4.69) is 35.6 Å². The van der Waals surface area contributed by atoms with Crippen LogP contribution in [0.5, 0.6) is 5.75 Å². The van der Waals surface area contributed by atoms with Gasteiger partial charge >= 0.3 is 0 Å². The minimum atomic E-state index is -3.64. The molecule has 9 nitrogen and oxygen atoms in total. The smallest absolute Gasteiger partial charge is 0.279 e. The van der Waals surface area contributed by atoms with Crippen LogP contribution in [0.3, 0.4) is 0 Å². The van der Waals surface area contributed by atoms with E-state index in [1.54, 1.807) is 15.7 Å². The number of piperidine rings is 2. The summed E-state index contributed by atoms with van der Waals surface area (Å²) in [6.07, 6.45) is 12.2. The quantitative estimate of drug-likeness (QED) is 0.224. The molecule has 0 radical (unpaired) electrons. The molecule has 1 aromatic carbocycles. The maximum absolute atomic E-state index is 13.7. The Labute approximate surface area is 262 Å². The lowest BCUT2D eigenvalue weighted by molar-refractivity contribution is 0.0219. The van der Waals surface area contributed by atoms with Crippen LogP contribution in [-0.2, 0) is 26.7 Å². The molecule has 3 aliphatic rings. The number of rotatable bonds is 18. The highest BCUT2D eigenvalue weighted by Gasteiger charge is 2.45. The second-order valence-corrected chi connectivity index (χ2v) is 16.5. The molecule has 4 rings (SSSR count). The second kappa shape index (κ2) is 16.4. The van der Waals surface area contributed by atoms with E-state index in [-0.39, 0.29) is 30.8 Å². The average molecular weight is 641 g/mol. The van der Waals surface area contributed by atoms with Crippen LogP contribution in [0.25, 0.3) is 0 Å². The van der Waals surface area contributed by atoms with Crippen LogP contribution in [0.15, 0.2) is 18.2 Å². The Balaban J connectivity index is 1.34. The topological polar surface area (TPSA) is 99.3 Å². The molecule has 246 valence electrons. The van der Waals surface area contributed by atoms with E-state index in [0.29, 0.717) is 25.6 Å². The Hall–Kier alpha value is -1.24. The maximum atomic E-state index is 13.7. The van der Waals surface area contributed by atoms with Gasteiger partial charge < -0.3 is 4.74 Å². The molecule has 2 fully saturated rings. The fourth-order valence-corrected chi connectivity index (χ4v) is 10.5. The summed E-state index contributed by atoms with van der Waals surface area (Å²) in [5, 5.41) is 0. The average Bonchev–Trinajstić information content (AvgIpc) is 3.00. The van der Waals surface area contributed by atoms with Crippen LogP contribution in [0.2, 0.25) is 0 Å². The van der Waals surface area contributed by atoms with Crippen LogP contribution in [-0.4, -0.2) is 88.5 Å². The van der Waals surface area contributed by atoms with E-state index in [0.717, 1.165) is 95.9 Å². The first-order valence-electron chi connectivity index (χ1n) is 16.8. The molecule has 0 unspecified atom stereocenters. The molecule has 3 atom stereocenters. The number of nitrogens with zero attached hydrogens (tertiary/aromatic N) is 3. The number of unbranched alkanes of at least 4 members (excludes halogenated alkanes) is 6. The summed E-state index contributed by atoms with van der Waals surface area (Å²) in [6.45, 7) is 7.95. The molecule has 0 amide bonds. The van der Waals surface area contributed by atoms with Crippen LogP contribution in [0, 0.1) is 5.92 Å². The van der Waals surface area contributed by atoms with Gasteiger partial charge in [0, 0.05) is 51.4 Å². The zero-order valence-electron chi connectivity index (χ0n) is 26.8. The second-order valence-electron chi connectivity index (χ2n) is 12.7. The van der Waals surface area contributed by atoms with Crippen molar-refractivity contribution < 1.29 is 21.6 Å². The highest BCUT2D eigenvalue weighted by Crippen LogP contribution is 2.44. The molecule has 0 aliphatic carbocycles. The van der Waals surface area contributed by atoms with E-state index in [4.69, 9.17) is 4.74 Å². The van der Waals surface area contributed by atoms with E-state index < -0.39 is 20.2 Å². The van der Waals surface area contributed by atoms with Crippen LogP contribution >= 0.6 is 0 Å². The molecule has 0 bridgehead atoms. The lowest BCUT2D eigenvalue weighted by Gasteiger charge is -2.51. The summed E-state index contributed by atoms with van der Waals surface area (Å²) < 4.78 is 65.3. The Morgan fingerprint density at radius 3 is 2.35 bits per heavy atom. The van der Waals surface area contributed by atoms with E-state index in [1.165, 1.54) is 11.1 Å². The first-order valence-corrected chi connectivity index (χ1v) is 19.9. The summed E-state index contributed by atoms with van der Waals surface area (Å²) in [4.78, 5) is 2.55. The van der Waals surface area contributed by atoms with E-state index in [1.807, 2.05) is 6.07 Å². The molecule has 3 heterocycles. The fourth-order valence-electron chi connectivity index (χ4n) is 7.31. The van der Waals surface area contributed by atoms with Crippen molar-refractivity contribution in [1.29, 1.82) is 0 Å². The van der Waals surface area contributed by atoms with Gasteiger partial charge in [-0.1, -0.05) is 58.4 Å². The first-order chi connectivity index (χ1) is 20.7. The standard InChI is InChI=1S/C32H56N4O5S2/c1-4-6-8-10-19-35(20-11-9-7-5-2)43(39,40)33-18-13-23-42(37,38)36-21-12-14-28-26-34-22-17-27-24-29(41-3)15-16-30(27)32(34)25-31(28)36/h15-16,24,28,31-33H,4-14,17-23,25-26H2,1-3H3/t28-,31+,32-/m0/s1. The van der Waals surface area contributed by atoms with Crippen molar-refractivity contribution in [3.63, 3.8) is 0 Å². The van der Waals surface area contributed by atoms with Crippen LogP contribution in [0.1, 0.15) is 108 Å². The Kier molecular flexibility index (Phi) is 13.2. The van der Waals surface area contributed by atoms with Crippen molar-refractivity contribution in [2.24, 2.45) is 5.92 Å². The third-order valence-electron chi connectivity index (χ3n) is 9.70. The Morgan fingerprint density at radius 1 is 0.953 bits per heavy atom. The third kappa shape index (κ3) is 9.16. The lowest BCUT2D eigenvalue weighted by Crippen LogP contribution is -2.57. The highest BCUT2D eigenvalue weighted by atomic mass is 32.2. The number of ether oxygens (including phenoxy) is 1. The molecular weight excluding hydrogens is 585 g/mol. The van der Waals surface area contributed by atoms with Gasteiger partial charge in [0.2, 0.25) is 10.0 Å². The summed E-state index contributed by atoms with van der Waals surface area (Å²) in [6, 6.07) is 6.52. The van der Waals surface area contributed by atoms with E-state index in [9.17, 15) is 16.8 Å². The van der Waals surface area contributed by atoms with Gasteiger partial charge in [0.1, 0.15) is 5.75 Å². The molecular formula is C32H56N4O5S2. The van der Waals surface area contributed by atoms with Crippen molar-refractivity contribution in [2.45, 2.75) is 109 Å². The molecule has 3 aliphatic heterocycles. The van der Waals surface area contributed by atoms with Crippen LogP contribution < -0.4 is 9.46 Å². The number of methoxy groups -OCH3 is 1.